The molecule has 0 fully saturated rings. The fourth-order valence-corrected chi connectivity index (χ4v) is 5.86. The van der Waals surface area contributed by atoms with E-state index in [1.807, 2.05) is 97.2 Å². The van der Waals surface area contributed by atoms with Crippen molar-refractivity contribution in [3.8, 4) is 28.3 Å². The molecule has 46 heavy (non-hydrogen) atoms. The van der Waals surface area contributed by atoms with Gasteiger partial charge in [0.25, 0.3) is 0 Å². The van der Waals surface area contributed by atoms with Crippen molar-refractivity contribution in [1.29, 1.82) is 0 Å². The molecule has 0 aliphatic heterocycles. The number of rotatable bonds is 3. The van der Waals surface area contributed by atoms with Crippen molar-refractivity contribution in [2.45, 2.75) is 6.92 Å². The van der Waals surface area contributed by atoms with E-state index in [4.69, 9.17) is 14.4 Å². The summed E-state index contributed by atoms with van der Waals surface area (Å²) >= 11 is 0. The average molecular weight is 771 g/mol. The van der Waals surface area contributed by atoms with E-state index in [0.717, 1.165) is 72.1 Å². The number of hydrogen-bond donors (Lipinski definition) is 0. The van der Waals surface area contributed by atoms with Crippen molar-refractivity contribution in [3.63, 3.8) is 0 Å². The van der Waals surface area contributed by atoms with Gasteiger partial charge in [-0.3, -0.25) is 4.98 Å². The number of nitrogens with zero attached hydrogens (tertiary/aromatic N) is 4. The van der Waals surface area contributed by atoms with Crippen molar-refractivity contribution < 1.29 is 24.5 Å². The number of aryl methyl sites for hydroxylation is 1. The van der Waals surface area contributed by atoms with Crippen LogP contribution in [0.3, 0.4) is 0 Å². The van der Waals surface area contributed by atoms with Gasteiger partial charge in [0.1, 0.15) is 5.58 Å². The fraction of sp³-hybridized carbons (Fsp3) is 0.0250. The monoisotopic (exact) mass is 771 g/mol. The minimum absolute atomic E-state index is 0. The molecule has 6 heteroatoms. The van der Waals surface area contributed by atoms with Crippen molar-refractivity contribution in [1.82, 2.24) is 19.5 Å². The molecule has 0 spiro atoms. The molecule has 4 aromatic heterocycles. The van der Waals surface area contributed by atoms with Gasteiger partial charge in [0.2, 0.25) is 0 Å². The van der Waals surface area contributed by atoms with E-state index in [0.29, 0.717) is 5.65 Å². The van der Waals surface area contributed by atoms with Crippen LogP contribution in [0, 0.1) is 19.1 Å². The van der Waals surface area contributed by atoms with Gasteiger partial charge in [-0.25, -0.2) is 4.98 Å². The van der Waals surface area contributed by atoms with Crippen LogP contribution < -0.4 is 0 Å². The van der Waals surface area contributed by atoms with Crippen LogP contribution in [0.15, 0.2) is 144 Å². The predicted octanol–water partition coefficient (Wildman–Crippen LogP) is 9.79. The molecule has 0 atom stereocenters. The second-order valence-electron chi connectivity index (χ2n) is 10.8. The number of imidazole rings is 1. The van der Waals surface area contributed by atoms with Gasteiger partial charge in [-0.2, -0.15) is 0 Å². The number of benzene rings is 5. The quantitative estimate of drug-likeness (QED) is 0.168. The third-order valence-electron chi connectivity index (χ3n) is 7.94. The molecule has 0 aliphatic rings. The minimum atomic E-state index is 0. The largest absolute Gasteiger partial charge is 0.501 e. The molecule has 0 saturated carbocycles. The first-order chi connectivity index (χ1) is 22.3. The zero-order valence-electron chi connectivity index (χ0n) is 24.8. The Hall–Kier alpha value is -5.42. The minimum Gasteiger partial charge on any atom is -0.501 e. The first-order valence-electron chi connectivity index (χ1n) is 14.8. The van der Waals surface area contributed by atoms with Crippen LogP contribution >= 0.6 is 0 Å². The maximum absolute atomic E-state index is 6.39. The van der Waals surface area contributed by atoms with Crippen LogP contribution in [-0.4, -0.2) is 19.5 Å². The van der Waals surface area contributed by atoms with Gasteiger partial charge >= 0.3 is 0 Å². The summed E-state index contributed by atoms with van der Waals surface area (Å²) in [5, 5.41) is 4.39. The summed E-state index contributed by atoms with van der Waals surface area (Å²) in [5.74, 6) is 0.768. The molecule has 0 N–H and O–H groups in total. The first-order valence-corrected chi connectivity index (χ1v) is 14.8. The zero-order valence-corrected chi connectivity index (χ0v) is 27.2. The van der Waals surface area contributed by atoms with Crippen LogP contribution in [0.4, 0.5) is 0 Å². The molecule has 5 nitrogen and oxygen atoms in total. The molecule has 0 bridgehead atoms. The maximum Gasteiger partial charge on any atom is 0.169 e. The van der Waals surface area contributed by atoms with Gasteiger partial charge in [-0.1, -0.05) is 90.7 Å². The zero-order chi connectivity index (χ0) is 30.2. The van der Waals surface area contributed by atoms with Gasteiger partial charge in [-0.05, 0) is 30.0 Å². The number of aromatic nitrogens is 4. The maximum atomic E-state index is 6.39. The van der Waals surface area contributed by atoms with Crippen molar-refractivity contribution >= 4 is 43.9 Å². The predicted molar refractivity (Wildman–Crippen MR) is 181 cm³/mol. The van der Waals surface area contributed by atoms with Crippen molar-refractivity contribution in [2.24, 2.45) is 0 Å². The molecule has 5 aromatic carbocycles. The summed E-state index contributed by atoms with van der Waals surface area (Å²) < 4.78 is 8.57. The molecule has 0 saturated heterocycles. The average Bonchev–Trinajstić information content (AvgIpc) is 3.70. The van der Waals surface area contributed by atoms with E-state index in [-0.39, 0.29) is 20.1 Å². The standard InChI is InChI=1S/C29H18N3O.C11H8N.Ir/c1-18-15-16-23(27-25(18)22-13-7-8-14-24(22)33-27)29-31-28-26(32(29)20-10-3-2-4-11-20)21-12-6-5-9-19(21)17-30-28;1-2-6-10(7-3-1)11-8-4-5-9-12-11;/h2-15,17H,1H3;1-6,8-9H;/q2*-1;. The normalized spacial score (nSPS) is 11.0. The molecule has 0 amide bonds. The Morgan fingerprint density at radius 3 is 2.28 bits per heavy atom. The van der Waals surface area contributed by atoms with E-state index in [2.05, 4.69) is 65.0 Å². The molecular formula is C40H26IrN4O-2. The van der Waals surface area contributed by atoms with E-state index >= 15 is 0 Å². The Morgan fingerprint density at radius 1 is 0.717 bits per heavy atom. The molecule has 1 radical (unpaired) electrons. The van der Waals surface area contributed by atoms with E-state index in [9.17, 15) is 0 Å². The summed E-state index contributed by atoms with van der Waals surface area (Å²) in [4.78, 5) is 13.9. The van der Waals surface area contributed by atoms with Gasteiger partial charge in [0.15, 0.2) is 5.65 Å². The number of furan rings is 1. The summed E-state index contributed by atoms with van der Waals surface area (Å²) in [6.45, 7) is 2.10. The van der Waals surface area contributed by atoms with Crippen molar-refractivity contribution in [3.05, 3.63) is 157 Å². The molecule has 223 valence electrons. The molecule has 9 aromatic rings. The van der Waals surface area contributed by atoms with Gasteiger partial charge in [0.05, 0.1) is 16.9 Å². The Morgan fingerprint density at radius 2 is 1.48 bits per heavy atom. The van der Waals surface area contributed by atoms with Crippen LogP contribution in [0.5, 0.6) is 0 Å². The summed E-state index contributed by atoms with van der Waals surface area (Å²) in [7, 11) is 0. The van der Waals surface area contributed by atoms with Gasteiger partial charge < -0.3 is 14.0 Å². The second kappa shape index (κ2) is 12.5. The van der Waals surface area contributed by atoms with Crippen LogP contribution in [0.1, 0.15) is 5.56 Å². The van der Waals surface area contributed by atoms with Crippen LogP contribution in [0.2, 0.25) is 0 Å². The van der Waals surface area contributed by atoms with Crippen LogP contribution in [0.25, 0.3) is 72.2 Å². The van der Waals surface area contributed by atoms with Gasteiger partial charge in [-0.15, -0.1) is 53.6 Å². The van der Waals surface area contributed by atoms with E-state index in [1.54, 1.807) is 6.20 Å². The Labute approximate surface area is 279 Å². The number of hydrogen-bond acceptors (Lipinski definition) is 4. The van der Waals surface area contributed by atoms with Crippen LogP contribution in [-0.2, 0) is 20.1 Å². The summed E-state index contributed by atoms with van der Waals surface area (Å²) in [6, 6.07) is 49.1. The van der Waals surface area contributed by atoms with E-state index < -0.39 is 0 Å². The van der Waals surface area contributed by atoms with Gasteiger partial charge in [0, 0.05) is 54.3 Å². The third kappa shape index (κ3) is 5.18. The molecule has 9 rings (SSSR count). The Bertz CT molecular complexity index is 2400. The molecule has 4 heterocycles. The summed E-state index contributed by atoms with van der Waals surface area (Å²) in [6.07, 6.45) is 3.68. The number of para-hydroxylation sites is 2. The molecule has 0 unspecified atom stereocenters. The smallest absolute Gasteiger partial charge is 0.169 e. The number of pyridine rings is 2. The topological polar surface area (TPSA) is 56.7 Å². The fourth-order valence-electron chi connectivity index (χ4n) is 5.86. The molecule has 0 aliphatic carbocycles. The Kier molecular flexibility index (Phi) is 7.98. The Balaban J connectivity index is 0.000000220. The first kappa shape index (κ1) is 29.3. The molecular weight excluding hydrogens is 745 g/mol. The third-order valence-corrected chi connectivity index (χ3v) is 7.94. The van der Waals surface area contributed by atoms with E-state index in [1.165, 1.54) is 0 Å². The number of fused-ring (bicyclic) bond motifs is 6. The second-order valence-corrected chi connectivity index (χ2v) is 10.8. The summed E-state index contributed by atoms with van der Waals surface area (Å²) in [5.41, 5.74) is 8.33. The van der Waals surface area contributed by atoms with Crippen molar-refractivity contribution in [2.75, 3.05) is 0 Å². The SMILES string of the molecule is Cc1c[c-]c(-c2nc3ncc4ccccc4c3n2-c2ccccc2)c2oc3ccccc3c12.[Ir].[c-]1ccccc1-c1ccccn1.